The molecule has 0 aliphatic heterocycles. The van der Waals surface area contributed by atoms with Crippen molar-refractivity contribution in [1.29, 1.82) is 0 Å². The van der Waals surface area contributed by atoms with Crippen molar-refractivity contribution in [3.05, 3.63) is 58.7 Å². The second-order valence-electron chi connectivity index (χ2n) is 7.73. The largest absolute Gasteiger partial charge is 0.474 e. The van der Waals surface area contributed by atoms with Crippen LogP contribution in [0, 0.1) is 24.7 Å². The Kier molecular flexibility index (Phi) is 5.09. The van der Waals surface area contributed by atoms with Crippen LogP contribution in [0.1, 0.15) is 42.2 Å². The summed E-state index contributed by atoms with van der Waals surface area (Å²) in [5, 5.41) is 3.87. The maximum absolute atomic E-state index is 12.5. The lowest BCUT2D eigenvalue weighted by molar-refractivity contribution is 0.0924. The second-order valence-corrected chi connectivity index (χ2v) is 8.17. The number of nitrogens with zero attached hydrogens (tertiary/aromatic N) is 1. The van der Waals surface area contributed by atoms with Crippen molar-refractivity contribution in [3.8, 4) is 5.88 Å². The fourth-order valence-corrected chi connectivity index (χ4v) is 4.74. The number of hydrogen-bond acceptors (Lipinski definition) is 3. The molecule has 3 atom stereocenters. The van der Waals surface area contributed by atoms with Gasteiger partial charge in [-0.15, -0.1) is 0 Å². The highest BCUT2D eigenvalue weighted by molar-refractivity contribution is 6.30. The zero-order valence-electron chi connectivity index (χ0n) is 15.7. The number of benzene rings is 1. The number of amides is 1. The zero-order valence-corrected chi connectivity index (χ0v) is 16.4. The van der Waals surface area contributed by atoms with Gasteiger partial charge in [-0.3, -0.25) is 4.79 Å². The summed E-state index contributed by atoms with van der Waals surface area (Å²) in [6.45, 7) is 4.12. The molecule has 27 heavy (non-hydrogen) atoms. The first kappa shape index (κ1) is 18.3. The number of ether oxygens (including phenoxy) is 1. The quantitative estimate of drug-likeness (QED) is 0.788. The van der Waals surface area contributed by atoms with Gasteiger partial charge in [-0.25, -0.2) is 4.98 Å². The van der Waals surface area contributed by atoms with Crippen LogP contribution in [0.4, 0.5) is 0 Å². The predicted octanol–water partition coefficient (Wildman–Crippen LogP) is 4.66. The lowest BCUT2D eigenvalue weighted by atomic mass is 10.00. The van der Waals surface area contributed by atoms with Gasteiger partial charge in [0.05, 0.1) is 0 Å². The molecule has 0 unspecified atom stereocenters. The molecule has 2 saturated carbocycles. The number of fused-ring (bicyclic) bond motifs is 1. The molecule has 4 rings (SSSR count). The van der Waals surface area contributed by atoms with E-state index in [1.807, 2.05) is 25.1 Å². The summed E-state index contributed by atoms with van der Waals surface area (Å²) in [6.07, 6.45) is 3.30. The van der Waals surface area contributed by atoms with E-state index in [9.17, 15) is 4.79 Å². The van der Waals surface area contributed by atoms with Crippen LogP contribution in [-0.2, 0) is 0 Å². The molecule has 2 aromatic rings. The third-order valence-electron chi connectivity index (χ3n) is 5.95. The van der Waals surface area contributed by atoms with E-state index in [1.165, 1.54) is 0 Å². The van der Waals surface area contributed by atoms with E-state index >= 15 is 0 Å². The fourth-order valence-electron chi connectivity index (χ4n) is 4.61. The molecular weight excluding hydrogens is 360 g/mol. The number of pyridine rings is 1. The molecule has 1 aromatic heterocycles. The monoisotopic (exact) mass is 384 g/mol. The molecule has 2 aliphatic carbocycles. The third-order valence-corrected chi connectivity index (χ3v) is 6.20. The molecule has 0 spiro atoms. The van der Waals surface area contributed by atoms with Gasteiger partial charge >= 0.3 is 0 Å². The highest BCUT2D eigenvalue weighted by atomic mass is 35.5. The van der Waals surface area contributed by atoms with Crippen LogP contribution in [-0.4, -0.2) is 23.0 Å². The molecule has 1 N–H and O–H groups in total. The average Bonchev–Trinajstić information content (AvgIpc) is 3.14. The fraction of sp³-hybridized carbons (Fsp3) is 0.455. The standard InChI is InChI=1S/C22H25ClN2O2/c1-3-19(25-22(26)14-7-9-15(23)10-8-14)21-17-11-16(12-18(17)21)27-20-6-4-5-13(2)24-20/h4-10,16-19,21H,3,11-12H2,1-2H3,(H,25,26)/t16?,17-,18-,19-,21?/m0/s1. The molecule has 0 radical (unpaired) electrons. The highest BCUT2D eigenvalue weighted by Gasteiger charge is 2.59. The number of rotatable bonds is 6. The molecule has 0 bridgehead atoms. The highest BCUT2D eigenvalue weighted by Crippen LogP contribution is 2.60. The van der Waals surface area contributed by atoms with Crippen LogP contribution >= 0.6 is 11.6 Å². The Morgan fingerprint density at radius 3 is 2.56 bits per heavy atom. The third kappa shape index (κ3) is 3.96. The first-order valence-electron chi connectivity index (χ1n) is 9.72. The SMILES string of the molecule is CC[C@H](NC(=O)c1ccc(Cl)cc1)C1[C@H]2CC(Oc3cccc(C)n3)C[C@H]12. The number of hydrogen-bond donors (Lipinski definition) is 1. The Balaban J connectivity index is 1.31. The van der Waals surface area contributed by atoms with Crippen molar-refractivity contribution in [1.82, 2.24) is 10.3 Å². The molecule has 1 amide bonds. The number of aryl methyl sites for hydroxylation is 1. The van der Waals surface area contributed by atoms with Crippen molar-refractivity contribution in [2.24, 2.45) is 17.8 Å². The van der Waals surface area contributed by atoms with Gasteiger partial charge in [-0.1, -0.05) is 24.6 Å². The van der Waals surface area contributed by atoms with E-state index in [0.29, 0.717) is 28.3 Å². The molecule has 2 fully saturated rings. The van der Waals surface area contributed by atoms with E-state index in [-0.39, 0.29) is 18.1 Å². The van der Waals surface area contributed by atoms with Gasteiger partial charge in [-0.05, 0) is 74.3 Å². The molecular formula is C22H25ClN2O2. The van der Waals surface area contributed by atoms with Crippen LogP contribution in [0.2, 0.25) is 5.02 Å². The van der Waals surface area contributed by atoms with Crippen LogP contribution in [0.25, 0.3) is 0 Å². The van der Waals surface area contributed by atoms with E-state index in [0.717, 1.165) is 30.8 Å². The van der Waals surface area contributed by atoms with Gasteiger partial charge in [0.2, 0.25) is 5.88 Å². The number of aromatic nitrogens is 1. The maximum atomic E-state index is 12.5. The Morgan fingerprint density at radius 2 is 1.93 bits per heavy atom. The zero-order chi connectivity index (χ0) is 19.0. The van der Waals surface area contributed by atoms with E-state index in [2.05, 4.69) is 17.2 Å². The Hall–Kier alpha value is -2.07. The van der Waals surface area contributed by atoms with Gasteiger partial charge in [0, 0.05) is 28.4 Å². The first-order valence-corrected chi connectivity index (χ1v) is 10.1. The number of halogens is 1. The van der Waals surface area contributed by atoms with Gasteiger partial charge < -0.3 is 10.1 Å². The van der Waals surface area contributed by atoms with Crippen LogP contribution < -0.4 is 10.1 Å². The number of nitrogens with one attached hydrogen (secondary N) is 1. The lowest BCUT2D eigenvalue weighted by Gasteiger charge is -2.22. The molecule has 1 heterocycles. The molecule has 4 nitrogen and oxygen atoms in total. The topological polar surface area (TPSA) is 51.2 Å². The van der Waals surface area contributed by atoms with Gasteiger partial charge in [0.25, 0.3) is 5.91 Å². The minimum atomic E-state index is -0.0137. The summed E-state index contributed by atoms with van der Waals surface area (Å²) < 4.78 is 6.07. The summed E-state index contributed by atoms with van der Waals surface area (Å²) in [6, 6.07) is 13.2. The molecule has 2 aliphatic rings. The van der Waals surface area contributed by atoms with E-state index < -0.39 is 0 Å². The van der Waals surface area contributed by atoms with E-state index in [1.54, 1.807) is 24.3 Å². The minimum Gasteiger partial charge on any atom is -0.474 e. The second kappa shape index (κ2) is 7.51. The smallest absolute Gasteiger partial charge is 0.251 e. The summed E-state index contributed by atoms with van der Waals surface area (Å²) in [4.78, 5) is 17.0. The van der Waals surface area contributed by atoms with Crippen molar-refractivity contribution in [2.75, 3.05) is 0 Å². The number of carbonyl (C=O) groups excluding carboxylic acids is 1. The Morgan fingerprint density at radius 1 is 1.22 bits per heavy atom. The van der Waals surface area contributed by atoms with Crippen molar-refractivity contribution < 1.29 is 9.53 Å². The van der Waals surface area contributed by atoms with Crippen molar-refractivity contribution in [3.63, 3.8) is 0 Å². The summed E-state index contributed by atoms with van der Waals surface area (Å²) in [5.74, 6) is 2.57. The molecule has 1 aromatic carbocycles. The number of carbonyl (C=O) groups is 1. The van der Waals surface area contributed by atoms with Gasteiger partial charge in [0.15, 0.2) is 0 Å². The van der Waals surface area contributed by atoms with Crippen LogP contribution in [0.3, 0.4) is 0 Å². The van der Waals surface area contributed by atoms with E-state index in [4.69, 9.17) is 16.3 Å². The summed E-state index contributed by atoms with van der Waals surface area (Å²) >= 11 is 5.91. The Labute approximate surface area is 165 Å². The van der Waals surface area contributed by atoms with Crippen molar-refractivity contribution >= 4 is 17.5 Å². The lowest BCUT2D eigenvalue weighted by Crippen LogP contribution is -2.37. The first-order chi connectivity index (χ1) is 13.0. The average molecular weight is 385 g/mol. The maximum Gasteiger partial charge on any atom is 0.251 e. The van der Waals surface area contributed by atoms with Gasteiger partial charge in [0.1, 0.15) is 6.10 Å². The normalized spacial score (nSPS) is 24.9. The summed E-state index contributed by atoms with van der Waals surface area (Å²) in [7, 11) is 0. The predicted molar refractivity (Wildman–Crippen MR) is 106 cm³/mol. The molecule has 5 heteroatoms. The van der Waals surface area contributed by atoms with Crippen LogP contribution in [0.5, 0.6) is 5.88 Å². The van der Waals surface area contributed by atoms with Crippen LogP contribution in [0.15, 0.2) is 42.5 Å². The van der Waals surface area contributed by atoms with Gasteiger partial charge in [-0.2, -0.15) is 0 Å². The molecule has 0 saturated heterocycles. The minimum absolute atomic E-state index is 0.0137. The molecule has 142 valence electrons. The Bertz CT molecular complexity index is 811. The van der Waals surface area contributed by atoms with Crippen molar-refractivity contribution in [2.45, 2.75) is 45.3 Å². The summed E-state index contributed by atoms with van der Waals surface area (Å²) in [5.41, 5.74) is 1.64.